The molecule has 0 heterocycles. The fraction of sp³-hybridized carbons (Fsp3) is 0.857. The molecule has 0 amide bonds. The predicted molar refractivity (Wildman–Crippen MR) is 52.4 cm³/mol. The molecule has 0 aromatic carbocycles. The summed E-state index contributed by atoms with van der Waals surface area (Å²) in [6.45, 7) is -1.18. The van der Waals surface area contributed by atoms with Crippen LogP contribution >= 0.6 is 0 Å². The topological polar surface area (TPSA) is 77.9 Å². The molecule has 0 radical (unpaired) electrons. The first-order chi connectivity index (χ1) is 7.17. The molecule has 0 bridgehead atoms. The molecule has 6 nitrogen and oxygen atoms in total. The van der Waals surface area contributed by atoms with Gasteiger partial charge >= 0.3 is 5.97 Å². The summed E-state index contributed by atoms with van der Waals surface area (Å²) in [5, 5.41) is 8.36. The Kier molecular flexibility index (Phi) is 5.76. The highest BCUT2D eigenvalue weighted by molar-refractivity contribution is 7.86. The minimum atomic E-state index is -4.01. The molecule has 1 N–H and O–H groups in total. The van der Waals surface area contributed by atoms with Crippen molar-refractivity contribution < 1.29 is 27.1 Å². The maximum Gasteiger partial charge on any atom is 0.304 e. The number of hydrogen-bond acceptors (Lipinski definition) is 3. The minimum Gasteiger partial charge on any atom is -0.481 e. The van der Waals surface area contributed by atoms with Crippen LogP contribution in [0.5, 0.6) is 0 Å². The lowest BCUT2D eigenvalue weighted by atomic mass is 10.4. The van der Waals surface area contributed by atoms with Gasteiger partial charge in [0.15, 0.2) is 0 Å². The van der Waals surface area contributed by atoms with Gasteiger partial charge in [-0.05, 0) is 0 Å². The molecule has 16 heavy (non-hydrogen) atoms. The molecule has 0 atom stereocenters. The summed E-state index contributed by atoms with van der Waals surface area (Å²) in [6, 6.07) is 0. The summed E-state index contributed by atoms with van der Waals surface area (Å²) in [6.07, 6.45) is -3.15. The van der Waals surface area contributed by atoms with Gasteiger partial charge in [0.25, 0.3) is 16.6 Å². The molecule has 0 aliphatic rings. The van der Waals surface area contributed by atoms with E-state index >= 15 is 0 Å². The van der Waals surface area contributed by atoms with Crippen molar-refractivity contribution in [2.45, 2.75) is 12.8 Å². The van der Waals surface area contributed by atoms with Crippen LogP contribution in [0.25, 0.3) is 0 Å². The van der Waals surface area contributed by atoms with E-state index < -0.39 is 29.1 Å². The summed E-state index contributed by atoms with van der Waals surface area (Å²) in [5.41, 5.74) is 0. The molecule has 0 unspecified atom stereocenters. The zero-order valence-electron chi connectivity index (χ0n) is 8.93. The zero-order chi connectivity index (χ0) is 12.9. The van der Waals surface area contributed by atoms with Crippen LogP contribution < -0.4 is 0 Å². The molecular weight excluding hydrogens is 246 g/mol. The average Bonchev–Trinajstić information content (AvgIpc) is 2.12. The van der Waals surface area contributed by atoms with E-state index in [1.165, 1.54) is 0 Å². The second-order valence-corrected chi connectivity index (χ2v) is 5.29. The van der Waals surface area contributed by atoms with Gasteiger partial charge in [0.1, 0.15) is 0 Å². The molecule has 0 spiro atoms. The van der Waals surface area contributed by atoms with Crippen LogP contribution in [0.1, 0.15) is 6.42 Å². The van der Waals surface area contributed by atoms with Crippen LogP contribution in [0.3, 0.4) is 0 Å². The van der Waals surface area contributed by atoms with Crippen LogP contribution in [-0.2, 0) is 15.0 Å². The minimum absolute atomic E-state index is 0.259. The van der Waals surface area contributed by atoms with E-state index in [1.54, 1.807) is 0 Å². The highest BCUT2D eigenvalue weighted by Gasteiger charge is 2.26. The molecule has 0 aromatic heterocycles. The van der Waals surface area contributed by atoms with Crippen molar-refractivity contribution in [3.8, 4) is 0 Å². The Morgan fingerprint density at radius 2 is 1.81 bits per heavy atom. The van der Waals surface area contributed by atoms with Gasteiger partial charge in [-0.2, -0.15) is 17.0 Å². The SMILES string of the molecule is CN(CCC(=O)O)S(=O)(=O)N(C)CC(F)F. The largest absolute Gasteiger partial charge is 0.481 e. The molecule has 0 rings (SSSR count). The monoisotopic (exact) mass is 260 g/mol. The van der Waals surface area contributed by atoms with Gasteiger partial charge in [0.05, 0.1) is 13.0 Å². The van der Waals surface area contributed by atoms with Crippen LogP contribution in [-0.4, -0.2) is 61.7 Å². The van der Waals surface area contributed by atoms with Gasteiger partial charge in [-0.3, -0.25) is 4.79 Å². The number of carbonyl (C=O) groups is 1. The number of carboxylic acids is 1. The molecule has 0 aliphatic carbocycles. The molecule has 9 heteroatoms. The average molecular weight is 260 g/mol. The number of nitrogens with zero attached hydrogens (tertiary/aromatic N) is 2. The number of halogens is 2. The first-order valence-corrected chi connectivity index (χ1v) is 5.75. The maximum atomic E-state index is 12.0. The lowest BCUT2D eigenvalue weighted by Gasteiger charge is -2.23. The summed E-state index contributed by atoms with van der Waals surface area (Å²) in [4.78, 5) is 10.2. The quantitative estimate of drug-likeness (QED) is 0.689. The Bertz CT molecular complexity index is 333. The van der Waals surface area contributed by atoms with Crippen molar-refractivity contribution in [2.75, 3.05) is 27.2 Å². The van der Waals surface area contributed by atoms with Crippen LogP contribution in [0, 0.1) is 0 Å². The Balaban J connectivity index is 4.46. The zero-order valence-corrected chi connectivity index (χ0v) is 9.75. The third-order valence-corrected chi connectivity index (χ3v) is 3.73. The van der Waals surface area contributed by atoms with Gasteiger partial charge in [-0.1, -0.05) is 0 Å². The summed E-state index contributed by atoms with van der Waals surface area (Å²) >= 11 is 0. The lowest BCUT2D eigenvalue weighted by molar-refractivity contribution is -0.137. The normalized spacial score (nSPS) is 12.7. The van der Waals surface area contributed by atoms with E-state index in [-0.39, 0.29) is 13.0 Å². The van der Waals surface area contributed by atoms with Gasteiger partial charge in [0, 0.05) is 20.6 Å². The van der Waals surface area contributed by atoms with E-state index in [4.69, 9.17) is 5.11 Å². The summed E-state index contributed by atoms with van der Waals surface area (Å²) < 4.78 is 48.2. The Labute approximate surface area is 92.6 Å². The van der Waals surface area contributed by atoms with Crippen molar-refractivity contribution in [1.29, 1.82) is 0 Å². The highest BCUT2D eigenvalue weighted by Crippen LogP contribution is 2.07. The van der Waals surface area contributed by atoms with Crippen molar-refractivity contribution in [3.05, 3.63) is 0 Å². The Hall–Kier alpha value is -0.800. The van der Waals surface area contributed by atoms with E-state index in [0.29, 0.717) is 4.31 Å². The molecular formula is C7H14F2N2O4S. The highest BCUT2D eigenvalue weighted by atomic mass is 32.2. The van der Waals surface area contributed by atoms with E-state index in [2.05, 4.69) is 0 Å². The van der Waals surface area contributed by atoms with E-state index in [1.807, 2.05) is 0 Å². The standard InChI is InChI=1S/C7H14F2N2O4S/c1-10(4-3-7(12)13)16(14,15)11(2)5-6(8)9/h6H,3-5H2,1-2H3,(H,12,13). The number of hydrogen-bond donors (Lipinski definition) is 1. The summed E-state index contributed by atoms with van der Waals surface area (Å²) in [7, 11) is -1.85. The Morgan fingerprint density at radius 3 is 2.19 bits per heavy atom. The first kappa shape index (κ1) is 15.2. The summed E-state index contributed by atoms with van der Waals surface area (Å²) in [5.74, 6) is -1.15. The van der Waals surface area contributed by atoms with Crippen molar-refractivity contribution in [2.24, 2.45) is 0 Å². The predicted octanol–water partition coefficient (Wildman–Crippen LogP) is -0.165. The third kappa shape index (κ3) is 4.81. The second-order valence-electron chi connectivity index (χ2n) is 3.14. The molecule has 0 aliphatic heterocycles. The molecule has 96 valence electrons. The van der Waals surface area contributed by atoms with E-state index in [9.17, 15) is 22.0 Å². The van der Waals surface area contributed by atoms with E-state index in [0.717, 1.165) is 18.4 Å². The molecule has 0 fully saturated rings. The van der Waals surface area contributed by atoms with Gasteiger partial charge in [0.2, 0.25) is 0 Å². The number of carboxylic acid groups (broad SMARTS) is 1. The van der Waals surface area contributed by atoms with Crippen LogP contribution in [0.15, 0.2) is 0 Å². The van der Waals surface area contributed by atoms with Crippen molar-refractivity contribution in [3.63, 3.8) is 0 Å². The molecule has 0 saturated carbocycles. The van der Waals surface area contributed by atoms with Gasteiger partial charge < -0.3 is 5.11 Å². The van der Waals surface area contributed by atoms with Crippen molar-refractivity contribution >= 4 is 16.2 Å². The number of rotatable bonds is 7. The lowest BCUT2D eigenvalue weighted by Crippen LogP contribution is -2.42. The van der Waals surface area contributed by atoms with Gasteiger partial charge in [-0.25, -0.2) is 8.78 Å². The maximum absolute atomic E-state index is 12.0. The number of aliphatic carboxylic acids is 1. The smallest absolute Gasteiger partial charge is 0.304 e. The molecule has 0 aromatic rings. The fourth-order valence-corrected chi connectivity index (χ4v) is 1.99. The second kappa shape index (κ2) is 6.06. The Morgan fingerprint density at radius 1 is 1.31 bits per heavy atom. The first-order valence-electron chi connectivity index (χ1n) is 4.35. The van der Waals surface area contributed by atoms with Crippen LogP contribution in [0.2, 0.25) is 0 Å². The van der Waals surface area contributed by atoms with Crippen LogP contribution in [0.4, 0.5) is 8.78 Å². The van der Waals surface area contributed by atoms with Crippen molar-refractivity contribution in [1.82, 2.24) is 8.61 Å². The van der Waals surface area contributed by atoms with Gasteiger partial charge in [-0.15, -0.1) is 0 Å². The fourth-order valence-electron chi connectivity index (χ4n) is 0.895. The molecule has 0 saturated heterocycles. The third-order valence-electron chi connectivity index (χ3n) is 1.82. The number of alkyl halides is 2.